The normalized spacial score (nSPS) is 19.4. The maximum absolute atomic E-state index is 2.63. The van der Waals surface area contributed by atoms with Crippen molar-refractivity contribution in [3.63, 3.8) is 0 Å². The molecule has 1 saturated heterocycles. The molecule has 0 unspecified atom stereocenters. The summed E-state index contributed by atoms with van der Waals surface area (Å²) in [5.41, 5.74) is 3.08. The van der Waals surface area contributed by atoms with Crippen LogP contribution >= 0.6 is 0 Å². The van der Waals surface area contributed by atoms with Crippen LogP contribution in [-0.4, -0.2) is 18.0 Å². The Morgan fingerprint density at radius 2 is 1.37 bits per heavy atom. The molecule has 1 saturated carbocycles. The molecular weight excluding hydrogens is 441 g/mol. The van der Waals surface area contributed by atoms with E-state index in [4.69, 9.17) is 0 Å². The van der Waals surface area contributed by atoms with E-state index in [1.807, 2.05) is 0 Å². The van der Waals surface area contributed by atoms with Crippen molar-refractivity contribution in [3.05, 3.63) is 66.8 Å². The zero-order chi connectivity index (χ0) is 18.3. The Balaban J connectivity index is 1.38. The Labute approximate surface area is 175 Å². The molecule has 2 fully saturated rings. The van der Waals surface area contributed by atoms with E-state index in [1.165, 1.54) is 76.4 Å². The van der Waals surface area contributed by atoms with Crippen molar-refractivity contribution in [3.8, 4) is 0 Å². The van der Waals surface area contributed by atoms with Gasteiger partial charge in [0.2, 0.25) is 0 Å². The average Bonchev–Trinajstić information content (AvgIpc) is 2.70. The second-order valence-electron chi connectivity index (χ2n) is 8.40. The van der Waals surface area contributed by atoms with Crippen LogP contribution in [0.25, 0.3) is 0 Å². The number of rotatable bonds is 6. The van der Waals surface area contributed by atoms with E-state index in [2.05, 4.69) is 53.4 Å². The van der Waals surface area contributed by atoms with Crippen LogP contribution < -0.4 is 21.2 Å². The second-order valence-corrected chi connectivity index (χ2v) is 11.4. The predicted molar refractivity (Wildman–Crippen MR) is 110 cm³/mol. The predicted octanol–water partition coefficient (Wildman–Crippen LogP) is 2.92. The molecule has 0 radical (unpaired) electrons. The van der Waals surface area contributed by atoms with E-state index in [0.717, 1.165) is 12.5 Å². The first-order valence-corrected chi connectivity index (χ1v) is 13.1. The number of halogens is 1. The van der Waals surface area contributed by atoms with Gasteiger partial charge in [0.15, 0.2) is 0 Å². The molecule has 2 aromatic rings. The molecule has 146 valence electrons. The molecule has 0 spiro atoms. The van der Waals surface area contributed by atoms with E-state index >= 15 is 0 Å². The first kappa shape index (κ1) is 19.4. The minimum atomic E-state index is -0.0728. The van der Waals surface area contributed by atoms with Gasteiger partial charge in [-0.1, -0.05) is 0 Å². The Morgan fingerprint density at radius 1 is 0.741 bits per heavy atom. The molecule has 2 aliphatic rings. The Kier molecular flexibility index (Phi) is 7.25. The van der Waals surface area contributed by atoms with Gasteiger partial charge in [0.1, 0.15) is 0 Å². The topological polar surface area (TPSA) is 3.24 Å². The molecule has 4 rings (SSSR count). The quantitative estimate of drug-likeness (QED) is 0.583. The van der Waals surface area contributed by atoms with Crippen LogP contribution in [0.5, 0.6) is 0 Å². The number of likely N-dealkylation sites (tertiary alicyclic amines) is 1. The molecule has 27 heavy (non-hydrogen) atoms. The zero-order valence-corrected chi connectivity index (χ0v) is 18.7. The van der Waals surface area contributed by atoms with Crippen LogP contribution in [0, 0.1) is 13.1 Å². The van der Waals surface area contributed by atoms with Gasteiger partial charge in [0, 0.05) is 0 Å². The van der Waals surface area contributed by atoms with Gasteiger partial charge in [-0.15, -0.1) is 0 Å². The van der Waals surface area contributed by atoms with Gasteiger partial charge < -0.3 is 0 Å². The fraction of sp³-hybridized carbons (Fsp3) is 0.520. The van der Waals surface area contributed by atoms with Crippen molar-refractivity contribution in [2.45, 2.75) is 64.3 Å². The Hall–Kier alpha value is -0.870. The number of hydrogen-bond acceptors (Lipinski definition) is 1. The van der Waals surface area contributed by atoms with Crippen molar-refractivity contribution in [2.24, 2.45) is 5.92 Å². The molecule has 1 nitrogen and oxygen atoms in total. The van der Waals surface area contributed by atoms with Gasteiger partial charge in [-0.05, 0) is 0 Å². The van der Waals surface area contributed by atoms with E-state index in [-0.39, 0.29) is 21.2 Å². The molecule has 1 heterocycles. The van der Waals surface area contributed by atoms with Crippen molar-refractivity contribution >= 4 is 0 Å². The minimum absolute atomic E-state index is 0.0728. The SMILES string of the molecule is c1cc(CC2CCCCC2)cc([I-]c2cccc(CN3CCCCC3)c2)c1. The van der Waals surface area contributed by atoms with Crippen LogP contribution in [0.15, 0.2) is 48.5 Å². The van der Waals surface area contributed by atoms with Crippen LogP contribution in [0.1, 0.15) is 62.5 Å². The monoisotopic (exact) mass is 474 g/mol. The fourth-order valence-corrected chi connectivity index (χ4v) is 7.25. The van der Waals surface area contributed by atoms with Crippen LogP contribution in [-0.2, 0) is 13.0 Å². The summed E-state index contributed by atoms with van der Waals surface area (Å²) in [6.45, 7) is 3.70. The zero-order valence-electron chi connectivity index (χ0n) is 16.5. The standard InChI is InChI=1S/C25H33IN/c1-3-9-21(10-4-1)17-22-11-7-13-24(18-22)26-25-14-8-12-23(19-25)20-27-15-5-2-6-16-27/h7-8,11-14,18-19,21H,1-6,9-10,15-17,20H2/q-1. The number of hydrogen-bond donors (Lipinski definition) is 0. The molecular formula is C25H33IN-. The number of piperidine rings is 1. The first-order valence-electron chi connectivity index (χ1n) is 10.9. The third-order valence-corrected chi connectivity index (χ3v) is 8.69. The summed E-state index contributed by atoms with van der Waals surface area (Å²) in [6, 6.07) is 19.0. The molecule has 1 aliphatic heterocycles. The molecule has 0 aromatic heterocycles. The summed E-state index contributed by atoms with van der Waals surface area (Å²) >= 11 is -0.0728. The summed E-state index contributed by atoms with van der Waals surface area (Å²) in [6.07, 6.45) is 12.7. The Morgan fingerprint density at radius 3 is 2.11 bits per heavy atom. The van der Waals surface area contributed by atoms with Gasteiger partial charge >= 0.3 is 176 Å². The maximum atomic E-state index is 2.63. The van der Waals surface area contributed by atoms with Crippen molar-refractivity contribution < 1.29 is 21.2 Å². The van der Waals surface area contributed by atoms with Gasteiger partial charge in [-0.2, -0.15) is 0 Å². The third-order valence-electron chi connectivity index (χ3n) is 6.10. The summed E-state index contributed by atoms with van der Waals surface area (Å²) in [7, 11) is 0. The van der Waals surface area contributed by atoms with E-state index in [0.29, 0.717) is 0 Å². The van der Waals surface area contributed by atoms with E-state index < -0.39 is 0 Å². The Bertz CT molecular complexity index is 652. The first-order chi connectivity index (χ1) is 13.3. The van der Waals surface area contributed by atoms with Gasteiger partial charge in [-0.3, -0.25) is 0 Å². The van der Waals surface area contributed by atoms with E-state index in [9.17, 15) is 0 Å². The number of nitrogens with zero attached hydrogens (tertiary/aromatic N) is 1. The molecule has 0 bridgehead atoms. The summed E-state index contributed by atoms with van der Waals surface area (Å²) in [5.74, 6) is 0.931. The average molecular weight is 474 g/mol. The van der Waals surface area contributed by atoms with Crippen LogP contribution in [0.3, 0.4) is 0 Å². The van der Waals surface area contributed by atoms with Crippen molar-refractivity contribution in [1.29, 1.82) is 0 Å². The van der Waals surface area contributed by atoms with Crippen molar-refractivity contribution in [2.75, 3.05) is 13.1 Å². The van der Waals surface area contributed by atoms with Gasteiger partial charge in [0.05, 0.1) is 0 Å². The molecule has 0 N–H and O–H groups in total. The van der Waals surface area contributed by atoms with Crippen LogP contribution in [0.2, 0.25) is 0 Å². The molecule has 0 amide bonds. The third kappa shape index (κ3) is 6.05. The molecule has 0 atom stereocenters. The summed E-state index contributed by atoms with van der Waals surface area (Å²) < 4.78 is 3.15. The molecule has 1 aliphatic carbocycles. The van der Waals surface area contributed by atoms with E-state index in [1.54, 1.807) is 12.7 Å². The van der Waals surface area contributed by atoms with Gasteiger partial charge in [-0.25, -0.2) is 0 Å². The molecule has 2 heteroatoms. The fourth-order valence-electron chi connectivity index (χ4n) is 4.64. The van der Waals surface area contributed by atoms with Crippen LogP contribution in [0.4, 0.5) is 0 Å². The van der Waals surface area contributed by atoms with Crippen molar-refractivity contribution in [1.82, 2.24) is 4.90 Å². The number of benzene rings is 2. The molecule has 2 aromatic carbocycles. The summed E-state index contributed by atoms with van der Waals surface area (Å²) in [4.78, 5) is 2.63. The summed E-state index contributed by atoms with van der Waals surface area (Å²) in [5, 5.41) is 0. The second kappa shape index (κ2) is 10.1. The van der Waals surface area contributed by atoms with Gasteiger partial charge in [0.25, 0.3) is 0 Å².